The van der Waals surface area contributed by atoms with Crippen LogP contribution in [0.25, 0.3) is 11.5 Å². The number of benzene rings is 1. The van der Waals surface area contributed by atoms with Gasteiger partial charge in [-0.25, -0.2) is 9.18 Å². The van der Waals surface area contributed by atoms with Crippen molar-refractivity contribution in [1.82, 2.24) is 10.2 Å². The fourth-order valence-electron chi connectivity index (χ4n) is 1.24. The van der Waals surface area contributed by atoms with E-state index in [0.29, 0.717) is 0 Å². The van der Waals surface area contributed by atoms with Crippen molar-refractivity contribution in [3.05, 3.63) is 36.0 Å². The molecule has 0 bridgehead atoms. The molecule has 17 heavy (non-hydrogen) atoms. The molecule has 0 N–H and O–H groups in total. The lowest BCUT2D eigenvalue weighted by Crippen LogP contribution is -2.04. The average Bonchev–Trinajstić information content (AvgIpc) is 2.79. The lowest BCUT2D eigenvalue weighted by molar-refractivity contribution is 0.0481. The van der Waals surface area contributed by atoms with Crippen molar-refractivity contribution in [2.75, 3.05) is 6.61 Å². The normalized spacial score (nSPS) is 10.2. The summed E-state index contributed by atoms with van der Waals surface area (Å²) in [7, 11) is 0. The Morgan fingerprint density at radius 2 is 2.18 bits per heavy atom. The van der Waals surface area contributed by atoms with Crippen LogP contribution in [0.5, 0.6) is 0 Å². The third-order valence-corrected chi connectivity index (χ3v) is 1.98. The number of ether oxygens (including phenoxy) is 1. The predicted octanol–water partition coefficient (Wildman–Crippen LogP) is 2.05. The Hall–Kier alpha value is -2.24. The first-order valence-corrected chi connectivity index (χ1v) is 4.98. The van der Waals surface area contributed by atoms with Crippen LogP contribution >= 0.6 is 0 Å². The van der Waals surface area contributed by atoms with Crippen LogP contribution in [0.2, 0.25) is 0 Å². The van der Waals surface area contributed by atoms with Gasteiger partial charge in [-0.1, -0.05) is 12.1 Å². The van der Waals surface area contributed by atoms with E-state index in [0.717, 1.165) is 0 Å². The van der Waals surface area contributed by atoms with E-state index in [-0.39, 0.29) is 24.0 Å². The van der Waals surface area contributed by atoms with Crippen LogP contribution in [-0.2, 0) is 4.74 Å². The molecule has 1 aromatic heterocycles. The monoisotopic (exact) mass is 236 g/mol. The lowest BCUT2D eigenvalue weighted by atomic mass is 10.2. The number of nitrogens with zero attached hydrogens (tertiary/aromatic N) is 2. The van der Waals surface area contributed by atoms with E-state index in [4.69, 9.17) is 4.42 Å². The fourth-order valence-corrected chi connectivity index (χ4v) is 1.24. The summed E-state index contributed by atoms with van der Waals surface area (Å²) in [6, 6.07) is 5.93. The van der Waals surface area contributed by atoms with Gasteiger partial charge < -0.3 is 9.15 Å². The fraction of sp³-hybridized carbons (Fsp3) is 0.182. The van der Waals surface area contributed by atoms with Crippen LogP contribution in [0.15, 0.2) is 28.7 Å². The van der Waals surface area contributed by atoms with Gasteiger partial charge in [0.05, 0.1) is 12.2 Å². The van der Waals surface area contributed by atoms with E-state index in [2.05, 4.69) is 14.9 Å². The number of rotatable bonds is 3. The smallest absolute Gasteiger partial charge is 0.396 e. The summed E-state index contributed by atoms with van der Waals surface area (Å²) in [4.78, 5) is 11.3. The second-order valence-corrected chi connectivity index (χ2v) is 3.11. The number of aromatic nitrogens is 2. The van der Waals surface area contributed by atoms with E-state index in [1.807, 2.05) is 0 Å². The first-order valence-electron chi connectivity index (χ1n) is 4.98. The summed E-state index contributed by atoms with van der Waals surface area (Å²) in [5.74, 6) is -1.55. The molecular formula is C11H9FN2O3. The van der Waals surface area contributed by atoms with Gasteiger partial charge in [0.15, 0.2) is 0 Å². The van der Waals surface area contributed by atoms with Crippen molar-refractivity contribution in [3.63, 3.8) is 0 Å². The zero-order valence-electron chi connectivity index (χ0n) is 9.01. The summed E-state index contributed by atoms with van der Waals surface area (Å²) in [6.45, 7) is 1.86. The minimum absolute atomic E-state index is 0.0499. The average molecular weight is 236 g/mol. The summed E-state index contributed by atoms with van der Waals surface area (Å²) < 4.78 is 23.1. The predicted molar refractivity (Wildman–Crippen MR) is 55.6 cm³/mol. The maximum absolute atomic E-state index is 13.4. The number of esters is 1. The Bertz CT molecular complexity index is 539. The van der Waals surface area contributed by atoms with Crippen LogP contribution in [0, 0.1) is 5.82 Å². The molecule has 0 amide bonds. The molecule has 5 nitrogen and oxygen atoms in total. The molecule has 0 saturated heterocycles. The third-order valence-electron chi connectivity index (χ3n) is 1.98. The van der Waals surface area contributed by atoms with Gasteiger partial charge in [-0.15, -0.1) is 10.2 Å². The van der Waals surface area contributed by atoms with Gasteiger partial charge in [0.2, 0.25) is 0 Å². The molecule has 1 heterocycles. The Kier molecular flexibility index (Phi) is 3.13. The van der Waals surface area contributed by atoms with Crippen molar-refractivity contribution in [2.45, 2.75) is 6.92 Å². The second kappa shape index (κ2) is 4.73. The highest BCUT2D eigenvalue weighted by Crippen LogP contribution is 2.20. The van der Waals surface area contributed by atoms with Gasteiger partial charge in [0.25, 0.3) is 5.89 Å². The summed E-state index contributed by atoms with van der Waals surface area (Å²) in [5.41, 5.74) is 0.149. The first-order chi connectivity index (χ1) is 8.22. The zero-order valence-corrected chi connectivity index (χ0v) is 9.01. The van der Waals surface area contributed by atoms with Crippen LogP contribution in [-0.4, -0.2) is 22.8 Å². The molecule has 2 aromatic rings. The van der Waals surface area contributed by atoms with Gasteiger partial charge in [0, 0.05) is 0 Å². The molecule has 2 rings (SSSR count). The molecule has 0 atom stereocenters. The maximum Gasteiger partial charge on any atom is 0.396 e. The molecule has 0 radical (unpaired) electrons. The summed E-state index contributed by atoms with van der Waals surface area (Å²) >= 11 is 0. The van der Waals surface area contributed by atoms with E-state index >= 15 is 0 Å². The molecule has 0 fully saturated rings. The standard InChI is InChI=1S/C11H9FN2O3/c1-2-16-11(15)10-14-13-9(17-10)7-5-3-4-6-8(7)12/h3-6H,2H2,1H3. The zero-order chi connectivity index (χ0) is 12.3. The molecule has 0 aliphatic carbocycles. The highest BCUT2D eigenvalue weighted by molar-refractivity contribution is 5.84. The van der Waals surface area contributed by atoms with Gasteiger partial charge in [-0.05, 0) is 19.1 Å². The van der Waals surface area contributed by atoms with Crippen molar-refractivity contribution in [1.29, 1.82) is 0 Å². The Labute approximate surface area is 96.2 Å². The van der Waals surface area contributed by atoms with Gasteiger partial charge in [-0.3, -0.25) is 0 Å². The van der Waals surface area contributed by atoms with Gasteiger partial charge in [0.1, 0.15) is 5.82 Å². The molecule has 88 valence electrons. The number of carbonyl (C=O) groups excluding carboxylic acids is 1. The Morgan fingerprint density at radius 1 is 1.41 bits per heavy atom. The second-order valence-electron chi connectivity index (χ2n) is 3.11. The van der Waals surface area contributed by atoms with Crippen molar-refractivity contribution in [2.24, 2.45) is 0 Å². The SMILES string of the molecule is CCOC(=O)c1nnc(-c2ccccc2F)o1. The summed E-state index contributed by atoms with van der Waals surface area (Å²) in [5, 5.41) is 7.09. The first kappa shape index (κ1) is 11.3. The molecule has 0 spiro atoms. The molecule has 0 saturated carbocycles. The highest BCUT2D eigenvalue weighted by Gasteiger charge is 2.18. The van der Waals surface area contributed by atoms with Crippen LogP contribution < -0.4 is 0 Å². The summed E-state index contributed by atoms with van der Waals surface area (Å²) in [6.07, 6.45) is 0. The van der Waals surface area contributed by atoms with Crippen molar-refractivity contribution in [3.8, 4) is 11.5 Å². The van der Waals surface area contributed by atoms with Gasteiger partial charge >= 0.3 is 11.9 Å². The molecule has 0 aliphatic rings. The van der Waals surface area contributed by atoms with E-state index < -0.39 is 11.8 Å². The number of halogens is 1. The minimum Gasteiger partial charge on any atom is -0.459 e. The van der Waals surface area contributed by atoms with Crippen LogP contribution in [0.1, 0.15) is 17.6 Å². The number of hydrogen-bond donors (Lipinski definition) is 0. The highest BCUT2D eigenvalue weighted by atomic mass is 19.1. The topological polar surface area (TPSA) is 65.2 Å². The number of carbonyl (C=O) groups is 1. The minimum atomic E-state index is -0.720. The molecular weight excluding hydrogens is 227 g/mol. The Balaban J connectivity index is 2.30. The maximum atomic E-state index is 13.4. The number of hydrogen-bond acceptors (Lipinski definition) is 5. The van der Waals surface area contributed by atoms with E-state index in [1.165, 1.54) is 12.1 Å². The molecule has 0 unspecified atom stereocenters. The van der Waals surface area contributed by atoms with Crippen molar-refractivity contribution >= 4 is 5.97 Å². The molecule has 6 heteroatoms. The van der Waals surface area contributed by atoms with E-state index in [1.54, 1.807) is 19.1 Å². The van der Waals surface area contributed by atoms with E-state index in [9.17, 15) is 9.18 Å². The lowest BCUT2D eigenvalue weighted by Gasteiger charge is -1.96. The molecule has 0 aliphatic heterocycles. The largest absolute Gasteiger partial charge is 0.459 e. The Morgan fingerprint density at radius 3 is 2.88 bits per heavy atom. The van der Waals surface area contributed by atoms with Gasteiger partial charge in [-0.2, -0.15) is 0 Å². The molecule has 1 aromatic carbocycles. The van der Waals surface area contributed by atoms with Crippen molar-refractivity contribution < 1.29 is 18.3 Å². The third kappa shape index (κ3) is 2.30. The van der Waals surface area contributed by atoms with Crippen LogP contribution in [0.4, 0.5) is 4.39 Å². The van der Waals surface area contributed by atoms with Crippen LogP contribution in [0.3, 0.4) is 0 Å². The quantitative estimate of drug-likeness (QED) is 0.763.